The van der Waals surface area contributed by atoms with Gasteiger partial charge in [-0.25, -0.2) is 13.6 Å². The third-order valence-corrected chi connectivity index (χ3v) is 4.43. The van der Waals surface area contributed by atoms with E-state index in [1.54, 1.807) is 0 Å². The number of sulfonamides is 1. The minimum Gasteiger partial charge on any atom is -0.317 e. The molecule has 5 nitrogen and oxygen atoms in total. The van der Waals surface area contributed by atoms with E-state index in [-0.39, 0.29) is 5.75 Å². The van der Waals surface area contributed by atoms with Gasteiger partial charge in [0.2, 0.25) is 10.0 Å². The maximum Gasteiger partial charge on any atom is 0.210 e. The van der Waals surface area contributed by atoms with E-state index in [0.717, 1.165) is 25.6 Å². The number of nitrogens with two attached hydrogens (primary N) is 1. The van der Waals surface area contributed by atoms with Crippen LogP contribution in [0.4, 0.5) is 0 Å². The lowest BCUT2D eigenvalue weighted by Gasteiger charge is -2.29. The fraction of sp³-hybridized carbons (Fsp3) is 1.00. The van der Waals surface area contributed by atoms with Gasteiger partial charge in [-0.1, -0.05) is 0 Å². The van der Waals surface area contributed by atoms with Gasteiger partial charge in [0.15, 0.2) is 0 Å². The monoisotopic (exact) mass is 261 g/mol. The van der Waals surface area contributed by atoms with E-state index < -0.39 is 10.0 Å². The summed E-state index contributed by atoms with van der Waals surface area (Å²) in [7, 11) is -3.32. The molecule has 0 aromatic heterocycles. The van der Waals surface area contributed by atoms with E-state index in [1.165, 1.54) is 25.7 Å². The van der Waals surface area contributed by atoms with Crippen LogP contribution >= 0.6 is 0 Å². The molecule has 0 atom stereocenters. The number of hydrogen-bond acceptors (Lipinski definition) is 4. The maximum absolute atomic E-state index is 11.0. The normalized spacial score (nSPS) is 23.2. The third-order valence-electron chi connectivity index (χ3n) is 3.68. The molecule has 17 heavy (non-hydrogen) atoms. The first kappa shape index (κ1) is 13.3. The Morgan fingerprint density at radius 2 is 1.82 bits per heavy atom. The molecule has 1 aliphatic carbocycles. The van der Waals surface area contributed by atoms with Gasteiger partial charge in [0, 0.05) is 19.1 Å². The zero-order valence-corrected chi connectivity index (χ0v) is 11.1. The van der Waals surface area contributed by atoms with E-state index in [4.69, 9.17) is 5.14 Å². The number of hydrogen-bond donors (Lipinski definition) is 2. The van der Waals surface area contributed by atoms with Gasteiger partial charge < -0.3 is 5.32 Å². The zero-order chi connectivity index (χ0) is 12.3. The summed E-state index contributed by atoms with van der Waals surface area (Å²) in [6.45, 7) is 3.84. The van der Waals surface area contributed by atoms with Crippen LogP contribution in [0, 0.1) is 5.92 Å². The number of nitrogens with one attached hydrogen (secondary N) is 1. The molecule has 1 aliphatic heterocycles. The van der Waals surface area contributed by atoms with E-state index >= 15 is 0 Å². The van der Waals surface area contributed by atoms with Crippen molar-refractivity contribution < 1.29 is 8.42 Å². The van der Waals surface area contributed by atoms with E-state index in [2.05, 4.69) is 10.2 Å². The molecule has 0 amide bonds. The van der Waals surface area contributed by atoms with Gasteiger partial charge in [0.25, 0.3) is 0 Å². The zero-order valence-electron chi connectivity index (χ0n) is 10.3. The Morgan fingerprint density at radius 1 is 1.18 bits per heavy atom. The molecule has 100 valence electrons. The largest absolute Gasteiger partial charge is 0.317 e. The van der Waals surface area contributed by atoms with Crippen molar-refractivity contribution >= 4 is 10.0 Å². The van der Waals surface area contributed by atoms with Gasteiger partial charge in [0.05, 0.1) is 5.75 Å². The highest BCUT2D eigenvalue weighted by Gasteiger charge is 2.31. The van der Waals surface area contributed by atoms with E-state index in [9.17, 15) is 8.42 Å². The summed E-state index contributed by atoms with van der Waals surface area (Å²) in [5, 5.41) is 8.43. The second-order valence-electron chi connectivity index (χ2n) is 5.29. The van der Waals surface area contributed by atoms with Crippen molar-refractivity contribution in [2.45, 2.75) is 31.7 Å². The molecule has 0 unspecified atom stereocenters. The van der Waals surface area contributed by atoms with Crippen LogP contribution in [0.1, 0.15) is 25.7 Å². The van der Waals surface area contributed by atoms with Crippen molar-refractivity contribution in [3.63, 3.8) is 0 Å². The Balaban J connectivity index is 1.79. The maximum atomic E-state index is 11.0. The molecule has 2 rings (SSSR count). The second kappa shape index (κ2) is 5.65. The van der Waals surface area contributed by atoms with Crippen molar-refractivity contribution in [2.75, 3.05) is 31.9 Å². The lowest BCUT2D eigenvalue weighted by molar-refractivity contribution is 0.206. The molecule has 0 aromatic carbocycles. The molecule has 2 fully saturated rings. The molecule has 1 saturated carbocycles. The summed E-state index contributed by atoms with van der Waals surface area (Å²) >= 11 is 0. The van der Waals surface area contributed by atoms with Crippen molar-refractivity contribution in [2.24, 2.45) is 11.1 Å². The summed E-state index contributed by atoms with van der Waals surface area (Å²) < 4.78 is 22.0. The molecule has 0 bridgehead atoms. The Hall–Kier alpha value is -0.170. The van der Waals surface area contributed by atoms with Gasteiger partial charge in [-0.15, -0.1) is 0 Å². The topological polar surface area (TPSA) is 75.4 Å². The Bertz CT molecular complexity index is 335. The fourth-order valence-electron chi connectivity index (χ4n) is 2.50. The van der Waals surface area contributed by atoms with Gasteiger partial charge in [-0.05, 0) is 44.7 Å². The van der Waals surface area contributed by atoms with Gasteiger partial charge in [0.1, 0.15) is 0 Å². The first-order valence-electron chi connectivity index (χ1n) is 6.50. The van der Waals surface area contributed by atoms with Crippen LogP contribution in [0.2, 0.25) is 0 Å². The molecular weight excluding hydrogens is 238 g/mol. The average molecular weight is 261 g/mol. The molecule has 0 spiro atoms. The summed E-state index contributed by atoms with van der Waals surface area (Å²) in [6, 6.07) is 0.617. The number of piperidine rings is 1. The van der Waals surface area contributed by atoms with Crippen molar-refractivity contribution in [1.82, 2.24) is 10.2 Å². The van der Waals surface area contributed by atoms with Crippen LogP contribution in [0.25, 0.3) is 0 Å². The summed E-state index contributed by atoms with van der Waals surface area (Å²) in [6.07, 6.45) is 4.85. The first-order chi connectivity index (χ1) is 8.04. The minimum absolute atomic E-state index is 0.0917. The summed E-state index contributed by atoms with van der Waals surface area (Å²) in [4.78, 5) is 2.33. The summed E-state index contributed by atoms with van der Waals surface area (Å²) in [5.41, 5.74) is 0. The third kappa shape index (κ3) is 4.91. The summed E-state index contributed by atoms with van der Waals surface area (Å²) in [5.74, 6) is 0.811. The highest BCUT2D eigenvalue weighted by atomic mass is 32.2. The molecule has 0 aromatic rings. The first-order valence-corrected chi connectivity index (χ1v) is 8.21. The standard InChI is InChI=1S/C11H23N3O2S/c12-17(15,16)8-7-14(11-1-2-11)9-10-3-5-13-6-4-10/h10-11,13H,1-9H2,(H2,12,15,16). The highest BCUT2D eigenvalue weighted by Crippen LogP contribution is 2.28. The fourth-order valence-corrected chi connectivity index (χ4v) is 2.99. The van der Waals surface area contributed by atoms with Crippen molar-refractivity contribution in [3.05, 3.63) is 0 Å². The predicted octanol–water partition coefficient (Wildman–Crippen LogP) is -0.261. The van der Waals surface area contributed by atoms with Gasteiger partial charge >= 0.3 is 0 Å². The lowest BCUT2D eigenvalue weighted by Crippen LogP contribution is -2.40. The quantitative estimate of drug-likeness (QED) is 0.691. The molecule has 2 aliphatic rings. The van der Waals surface area contributed by atoms with E-state index in [1.807, 2.05) is 0 Å². The smallest absolute Gasteiger partial charge is 0.210 e. The van der Waals surface area contributed by atoms with Crippen LogP contribution in [0.15, 0.2) is 0 Å². The second-order valence-corrected chi connectivity index (χ2v) is 7.02. The number of nitrogens with zero attached hydrogens (tertiary/aromatic N) is 1. The number of primary sulfonamides is 1. The predicted molar refractivity (Wildman–Crippen MR) is 68.2 cm³/mol. The molecular formula is C11H23N3O2S. The van der Waals surface area contributed by atoms with E-state index in [0.29, 0.717) is 12.6 Å². The van der Waals surface area contributed by atoms with Gasteiger partial charge in [-0.2, -0.15) is 0 Å². The van der Waals surface area contributed by atoms with Crippen LogP contribution in [0.5, 0.6) is 0 Å². The molecule has 1 saturated heterocycles. The lowest BCUT2D eigenvalue weighted by atomic mass is 9.97. The SMILES string of the molecule is NS(=O)(=O)CCN(CC1CCNCC1)C1CC1. The average Bonchev–Trinajstić information content (AvgIpc) is 3.08. The van der Waals surface area contributed by atoms with Crippen LogP contribution in [-0.4, -0.2) is 51.3 Å². The minimum atomic E-state index is -3.32. The highest BCUT2D eigenvalue weighted by molar-refractivity contribution is 7.89. The molecule has 1 heterocycles. The molecule has 3 N–H and O–H groups in total. The Kier molecular flexibility index (Phi) is 4.41. The number of rotatable bonds is 6. The Labute approximate surface area is 104 Å². The van der Waals surface area contributed by atoms with Gasteiger partial charge in [-0.3, -0.25) is 4.90 Å². The van der Waals surface area contributed by atoms with Crippen molar-refractivity contribution in [1.29, 1.82) is 0 Å². The van der Waals surface area contributed by atoms with Crippen LogP contribution in [0.3, 0.4) is 0 Å². The van der Waals surface area contributed by atoms with Crippen LogP contribution < -0.4 is 10.5 Å². The molecule has 6 heteroatoms. The Morgan fingerprint density at radius 3 is 2.35 bits per heavy atom. The molecule has 0 radical (unpaired) electrons. The van der Waals surface area contributed by atoms with Crippen molar-refractivity contribution in [3.8, 4) is 0 Å². The van der Waals surface area contributed by atoms with Crippen LogP contribution in [-0.2, 0) is 10.0 Å².